The molecule has 25 heavy (non-hydrogen) atoms. The van der Waals surface area contributed by atoms with E-state index in [1.807, 2.05) is 23.6 Å². The number of esters is 1. The van der Waals surface area contributed by atoms with Gasteiger partial charge in [-0.05, 0) is 25.3 Å². The van der Waals surface area contributed by atoms with Crippen molar-refractivity contribution in [3.8, 4) is 0 Å². The average molecular weight is 358 g/mol. The molecular formula is C19H22N2O3S. The quantitative estimate of drug-likeness (QED) is 0.681. The molecular weight excluding hydrogens is 336 g/mol. The first-order valence-corrected chi connectivity index (χ1v) is 9.46. The molecule has 0 radical (unpaired) electrons. The molecule has 0 saturated heterocycles. The van der Waals surface area contributed by atoms with E-state index in [-0.39, 0.29) is 30.9 Å². The molecule has 2 aromatic rings. The number of benzene rings is 1. The second kappa shape index (κ2) is 8.25. The molecule has 0 N–H and O–H groups in total. The van der Waals surface area contributed by atoms with Gasteiger partial charge in [-0.1, -0.05) is 30.3 Å². The minimum absolute atomic E-state index is 0.0400. The molecule has 1 aromatic carbocycles. The van der Waals surface area contributed by atoms with Crippen LogP contribution in [0.3, 0.4) is 0 Å². The van der Waals surface area contributed by atoms with E-state index in [9.17, 15) is 9.59 Å². The maximum absolute atomic E-state index is 12.6. The number of carbonyl (C=O) groups excluding carboxylic acids is 2. The Morgan fingerprint density at radius 2 is 2.04 bits per heavy atom. The van der Waals surface area contributed by atoms with Gasteiger partial charge in [0.25, 0.3) is 0 Å². The van der Waals surface area contributed by atoms with Gasteiger partial charge in [0.2, 0.25) is 5.91 Å². The highest BCUT2D eigenvalue weighted by Gasteiger charge is 2.34. The molecule has 1 saturated carbocycles. The van der Waals surface area contributed by atoms with Crippen molar-refractivity contribution < 1.29 is 14.3 Å². The van der Waals surface area contributed by atoms with Crippen LogP contribution in [0.4, 0.5) is 0 Å². The number of amides is 1. The number of rotatable bonds is 8. The Balaban J connectivity index is 1.59. The molecule has 132 valence electrons. The largest absolute Gasteiger partial charge is 0.465 e. The fourth-order valence-corrected chi connectivity index (χ4v) is 3.52. The summed E-state index contributed by atoms with van der Waals surface area (Å²) in [6, 6.07) is 10.3. The first-order chi connectivity index (χ1) is 12.2. The highest BCUT2D eigenvalue weighted by Crippen LogP contribution is 2.27. The summed E-state index contributed by atoms with van der Waals surface area (Å²) in [7, 11) is 0. The minimum atomic E-state index is -0.342. The zero-order valence-electron chi connectivity index (χ0n) is 14.3. The van der Waals surface area contributed by atoms with Crippen molar-refractivity contribution in [3.63, 3.8) is 0 Å². The van der Waals surface area contributed by atoms with Gasteiger partial charge in [-0.2, -0.15) is 0 Å². The zero-order chi connectivity index (χ0) is 17.6. The standard InChI is InChI=1S/C19H22N2O3S/c1-2-24-19(23)12-21(16-8-9-16)18(22)11-15-13-25-17(20-15)10-14-6-4-3-5-7-14/h3-7,13,16H,2,8-12H2,1H3. The fraction of sp³-hybridized carbons (Fsp3) is 0.421. The average Bonchev–Trinajstić information content (AvgIpc) is 3.35. The van der Waals surface area contributed by atoms with Gasteiger partial charge in [-0.15, -0.1) is 11.3 Å². The number of thiazole rings is 1. The maximum Gasteiger partial charge on any atom is 0.325 e. The van der Waals surface area contributed by atoms with E-state index in [2.05, 4.69) is 17.1 Å². The van der Waals surface area contributed by atoms with Gasteiger partial charge in [-0.25, -0.2) is 4.98 Å². The Hall–Kier alpha value is -2.21. The summed E-state index contributed by atoms with van der Waals surface area (Å²) >= 11 is 1.57. The first-order valence-electron chi connectivity index (χ1n) is 8.58. The van der Waals surface area contributed by atoms with Crippen LogP contribution in [0.2, 0.25) is 0 Å². The summed E-state index contributed by atoms with van der Waals surface area (Å²) in [5.41, 5.74) is 1.98. The Labute approximate surface area is 151 Å². The monoisotopic (exact) mass is 358 g/mol. The third-order valence-corrected chi connectivity index (χ3v) is 4.94. The number of hydrogen-bond acceptors (Lipinski definition) is 5. The molecule has 6 heteroatoms. The Kier molecular flexibility index (Phi) is 5.81. The molecule has 0 bridgehead atoms. The van der Waals surface area contributed by atoms with Crippen LogP contribution in [0, 0.1) is 0 Å². The lowest BCUT2D eigenvalue weighted by molar-refractivity contribution is -0.149. The lowest BCUT2D eigenvalue weighted by Crippen LogP contribution is -2.39. The molecule has 0 aliphatic heterocycles. The van der Waals surface area contributed by atoms with E-state index < -0.39 is 0 Å². The van der Waals surface area contributed by atoms with Crippen molar-refractivity contribution in [2.45, 2.75) is 38.6 Å². The van der Waals surface area contributed by atoms with Crippen LogP contribution in [-0.4, -0.2) is 41.0 Å². The van der Waals surface area contributed by atoms with Gasteiger partial charge >= 0.3 is 5.97 Å². The molecule has 3 rings (SSSR count). The van der Waals surface area contributed by atoms with E-state index in [0.717, 1.165) is 30.0 Å². The van der Waals surface area contributed by atoms with Crippen molar-refractivity contribution in [1.82, 2.24) is 9.88 Å². The number of aromatic nitrogens is 1. The Morgan fingerprint density at radius 1 is 1.28 bits per heavy atom. The highest BCUT2D eigenvalue weighted by atomic mass is 32.1. The molecule has 0 unspecified atom stereocenters. The summed E-state index contributed by atoms with van der Waals surface area (Å²) in [5.74, 6) is -0.391. The Bertz CT molecular complexity index is 725. The van der Waals surface area contributed by atoms with E-state index >= 15 is 0 Å². The minimum Gasteiger partial charge on any atom is -0.465 e. The van der Waals surface area contributed by atoms with Crippen LogP contribution in [0.15, 0.2) is 35.7 Å². The van der Waals surface area contributed by atoms with E-state index in [4.69, 9.17) is 4.74 Å². The van der Waals surface area contributed by atoms with Gasteiger partial charge in [0.05, 0.1) is 23.7 Å². The number of nitrogens with zero attached hydrogens (tertiary/aromatic N) is 2. The highest BCUT2D eigenvalue weighted by molar-refractivity contribution is 7.09. The van der Waals surface area contributed by atoms with E-state index in [0.29, 0.717) is 6.61 Å². The smallest absolute Gasteiger partial charge is 0.325 e. The van der Waals surface area contributed by atoms with Crippen molar-refractivity contribution in [1.29, 1.82) is 0 Å². The molecule has 1 aromatic heterocycles. The van der Waals surface area contributed by atoms with Crippen LogP contribution in [0.5, 0.6) is 0 Å². The normalized spacial score (nSPS) is 13.5. The van der Waals surface area contributed by atoms with Gasteiger partial charge in [0, 0.05) is 17.8 Å². The summed E-state index contributed by atoms with van der Waals surface area (Å²) in [6.07, 6.45) is 2.93. The summed E-state index contributed by atoms with van der Waals surface area (Å²) in [5, 5.41) is 2.93. The molecule has 1 aliphatic rings. The molecule has 5 nitrogen and oxygen atoms in total. The van der Waals surface area contributed by atoms with Crippen molar-refractivity contribution >= 4 is 23.2 Å². The lowest BCUT2D eigenvalue weighted by Gasteiger charge is -2.20. The van der Waals surface area contributed by atoms with E-state index in [1.54, 1.807) is 23.2 Å². The van der Waals surface area contributed by atoms with Gasteiger partial charge < -0.3 is 9.64 Å². The summed E-state index contributed by atoms with van der Waals surface area (Å²) in [6.45, 7) is 2.14. The van der Waals surface area contributed by atoms with Gasteiger partial charge in [0.1, 0.15) is 6.54 Å². The molecule has 0 spiro atoms. The maximum atomic E-state index is 12.6. The van der Waals surface area contributed by atoms with Crippen molar-refractivity contribution in [3.05, 3.63) is 52.0 Å². The first kappa shape index (κ1) is 17.6. The van der Waals surface area contributed by atoms with E-state index in [1.165, 1.54) is 5.56 Å². The Morgan fingerprint density at radius 3 is 2.72 bits per heavy atom. The van der Waals surface area contributed by atoms with Crippen LogP contribution in [0.1, 0.15) is 36.0 Å². The van der Waals surface area contributed by atoms with Crippen molar-refractivity contribution in [2.24, 2.45) is 0 Å². The SMILES string of the molecule is CCOC(=O)CN(C(=O)Cc1csc(Cc2ccccc2)n1)C1CC1. The predicted octanol–water partition coefficient (Wildman–Crippen LogP) is 2.83. The second-order valence-corrected chi connectivity index (χ2v) is 7.07. The topological polar surface area (TPSA) is 59.5 Å². The van der Waals surface area contributed by atoms with Crippen LogP contribution in [0.25, 0.3) is 0 Å². The van der Waals surface area contributed by atoms with Gasteiger partial charge in [0.15, 0.2) is 0 Å². The molecule has 1 fully saturated rings. The summed E-state index contributed by atoms with van der Waals surface area (Å²) in [4.78, 5) is 30.5. The van der Waals surface area contributed by atoms with Gasteiger partial charge in [-0.3, -0.25) is 9.59 Å². The van der Waals surface area contributed by atoms with Crippen LogP contribution >= 0.6 is 11.3 Å². The predicted molar refractivity (Wildman–Crippen MR) is 96.4 cm³/mol. The van der Waals surface area contributed by atoms with Crippen molar-refractivity contribution in [2.75, 3.05) is 13.2 Å². The third-order valence-electron chi connectivity index (χ3n) is 4.04. The molecule has 1 amide bonds. The van der Waals surface area contributed by atoms with Crippen LogP contribution < -0.4 is 0 Å². The number of carbonyl (C=O) groups is 2. The molecule has 1 aliphatic carbocycles. The fourth-order valence-electron chi connectivity index (χ4n) is 2.69. The molecule has 1 heterocycles. The second-order valence-electron chi connectivity index (χ2n) is 6.13. The molecule has 0 atom stereocenters. The number of ether oxygens (including phenoxy) is 1. The van der Waals surface area contributed by atoms with Crippen LogP contribution in [-0.2, 0) is 27.2 Å². The number of hydrogen-bond donors (Lipinski definition) is 0. The third kappa shape index (κ3) is 5.13. The summed E-state index contributed by atoms with van der Waals surface area (Å²) < 4.78 is 4.97. The lowest BCUT2D eigenvalue weighted by atomic mass is 10.2. The zero-order valence-corrected chi connectivity index (χ0v) is 15.1.